The van der Waals surface area contributed by atoms with Crippen LogP contribution in [-0.4, -0.2) is 121 Å². The van der Waals surface area contributed by atoms with Gasteiger partial charge in [-0.1, -0.05) is 42.8 Å². The van der Waals surface area contributed by atoms with E-state index in [0.717, 1.165) is 56.6 Å². The molecule has 2 saturated heterocycles. The predicted molar refractivity (Wildman–Crippen MR) is 201 cm³/mol. The average molecular weight is 706 g/mol. The van der Waals surface area contributed by atoms with Gasteiger partial charge in [0.1, 0.15) is 12.6 Å². The molecule has 1 saturated carbocycles. The molecule has 3 fully saturated rings. The number of likely N-dealkylation sites (tertiary alicyclic amines) is 1. The maximum atomic E-state index is 14.6. The molecule has 0 unspecified atom stereocenters. The van der Waals surface area contributed by atoms with E-state index < -0.39 is 6.04 Å². The third kappa shape index (κ3) is 9.66. The molecule has 6 rings (SSSR count). The first-order valence-corrected chi connectivity index (χ1v) is 19.7. The van der Waals surface area contributed by atoms with Crippen LogP contribution in [0, 0.1) is 5.41 Å². The zero-order chi connectivity index (χ0) is 35.1. The van der Waals surface area contributed by atoms with Gasteiger partial charge in [-0.25, -0.2) is 4.99 Å². The van der Waals surface area contributed by atoms with Crippen LogP contribution in [0.5, 0.6) is 0 Å². The molecule has 2 N–H and O–H groups in total. The fourth-order valence-corrected chi connectivity index (χ4v) is 8.87. The summed E-state index contributed by atoms with van der Waals surface area (Å²) in [5.41, 5.74) is 1.49. The number of benzene rings is 1. The number of hydrogen-bond acceptors (Lipinski definition) is 9. The smallest absolute Gasteiger partial charge is 0.288 e. The highest BCUT2D eigenvalue weighted by Crippen LogP contribution is 2.44. The van der Waals surface area contributed by atoms with E-state index in [9.17, 15) is 9.59 Å². The van der Waals surface area contributed by atoms with Crippen molar-refractivity contribution in [3.63, 3.8) is 0 Å². The van der Waals surface area contributed by atoms with E-state index in [1.165, 1.54) is 31.4 Å². The minimum Gasteiger partial charge on any atom is -0.463 e. The molecule has 10 nitrogen and oxygen atoms in total. The number of nitrogens with one attached hydrogen (secondary N) is 2. The molecule has 1 spiro atoms. The number of carbonyl (C=O) groups is 2. The molecule has 1 aromatic heterocycles. The molecule has 2 aromatic rings. The molecule has 1 aliphatic carbocycles. The number of carbonyl (C=O) groups excluding carboxylic acids is 2. The number of piperazine rings is 1. The molecular formula is C39H59N7O3S. The Morgan fingerprint density at radius 1 is 1.04 bits per heavy atom. The Morgan fingerprint density at radius 3 is 2.54 bits per heavy atom. The number of hydrogen-bond donors (Lipinski definition) is 2. The molecule has 3 aliphatic heterocycles. The summed E-state index contributed by atoms with van der Waals surface area (Å²) in [7, 11) is 4.20. The number of aliphatic imine (C=N–C) groups is 1. The van der Waals surface area contributed by atoms with E-state index in [4.69, 9.17) is 9.73 Å². The molecule has 1 aromatic carbocycles. The molecule has 4 aliphatic rings. The van der Waals surface area contributed by atoms with Crippen LogP contribution in [0.3, 0.4) is 0 Å². The van der Waals surface area contributed by atoms with E-state index in [2.05, 4.69) is 83.6 Å². The first-order chi connectivity index (χ1) is 24.1. The lowest BCUT2D eigenvalue weighted by atomic mass is 9.72. The summed E-state index contributed by atoms with van der Waals surface area (Å²) in [6, 6.07) is 14.8. The highest BCUT2D eigenvalue weighted by atomic mass is 32.1. The zero-order valence-corrected chi connectivity index (χ0v) is 31.6. The second-order valence-electron chi connectivity index (χ2n) is 16.0. The van der Waals surface area contributed by atoms with Crippen molar-refractivity contribution in [2.75, 3.05) is 60.0 Å². The van der Waals surface area contributed by atoms with Crippen molar-refractivity contribution in [2.24, 2.45) is 10.4 Å². The van der Waals surface area contributed by atoms with Gasteiger partial charge in [0, 0.05) is 37.1 Å². The van der Waals surface area contributed by atoms with Crippen LogP contribution < -0.4 is 10.6 Å². The van der Waals surface area contributed by atoms with E-state index in [0.29, 0.717) is 50.3 Å². The molecule has 11 heteroatoms. The summed E-state index contributed by atoms with van der Waals surface area (Å²) in [5.74, 6) is -0.0721. The largest absolute Gasteiger partial charge is 0.463 e. The molecule has 2 amide bonds. The van der Waals surface area contributed by atoms with Crippen LogP contribution in [0.15, 0.2) is 52.8 Å². The number of amides is 2. The third-order valence-corrected chi connectivity index (χ3v) is 12.0. The van der Waals surface area contributed by atoms with E-state index in [-0.39, 0.29) is 23.4 Å². The minimum absolute atomic E-state index is 0.0515. The van der Waals surface area contributed by atoms with Gasteiger partial charge < -0.3 is 30.1 Å². The molecule has 274 valence electrons. The number of thiophene rings is 1. The Kier molecular flexibility index (Phi) is 12.2. The van der Waals surface area contributed by atoms with Gasteiger partial charge in [-0.2, -0.15) is 0 Å². The second kappa shape index (κ2) is 16.6. The fraction of sp³-hybridized carbons (Fsp3) is 0.667. The lowest BCUT2D eigenvalue weighted by Crippen LogP contribution is -2.64. The summed E-state index contributed by atoms with van der Waals surface area (Å²) in [5, 5.41) is 9.04. The first-order valence-electron chi connectivity index (χ1n) is 18.8. The summed E-state index contributed by atoms with van der Waals surface area (Å²) in [6.45, 7) is 10.9. The fourth-order valence-electron chi connectivity index (χ4n) is 8.23. The van der Waals surface area contributed by atoms with Gasteiger partial charge in [-0.15, -0.1) is 11.3 Å². The van der Waals surface area contributed by atoms with Crippen LogP contribution in [0.4, 0.5) is 0 Å². The van der Waals surface area contributed by atoms with Gasteiger partial charge in [0.05, 0.1) is 24.7 Å². The average Bonchev–Trinajstić information content (AvgIpc) is 3.86. The molecular weight excluding hydrogens is 647 g/mol. The highest BCUT2D eigenvalue weighted by Gasteiger charge is 2.44. The number of nitrogens with zero attached hydrogens (tertiary/aromatic N) is 5. The Hall–Kier alpha value is -2.99. The van der Waals surface area contributed by atoms with Crippen LogP contribution in [0.25, 0.3) is 0 Å². The third-order valence-electron chi connectivity index (χ3n) is 11.1. The highest BCUT2D eigenvalue weighted by molar-refractivity contribution is 7.09. The number of amidine groups is 1. The lowest BCUT2D eigenvalue weighted by molar-refractivity contribution is -0.145. The van der Waals surface area contributed by atoms with Crippen LogP contribution in [0.2, 0.25) is 0 Å². The SMILES string of the molecule is CN(C)CCCC[C@@H](NC1CCC2(CC1)CCN(Cc1ccccc1)C2)C(=O)N1CCN(C2=NC(C)(C)CO2)C[C@H]1C(=O)NCc1cccs1. The Bertz CT molecular complexity index is 1420. The predicted octanol–water partition coefficient (Wildman–Crippen LogP) is 4.57. The van der Waals surface area contributed by atoms with Crippen LogP contribution >= 0.6 is 11.3 Å². The van der Waals surface area contributed by atoms with E-state index in [1.54, 1.807) is 11.3 Å². The molecule has 50 heavy (non-hydrogen) atoms. The summed E-state index contributed by atoms with van der Waals surface area (Å²) in [4.78, 5) is 43.2. The van der Waals surface area contributed by atoms with Crippen molar-refractivity contribution in [3.05, 3.63) is 58.3 Å². The summed E-state index contributed by atoms with van der Waals surface area (Å²) >= 11 is 1.62. The van der Waals surface area contributed by atoms with Crippen molar-refractivity contribution >= 4 is 29.2 Å². The normalized spacial score (nSPS) is 25.9. The van der Waals surface area contributed by atoms with Gasteiger partial charge in [-0.3, -0.25) is 14.5 Å². The lowest BCUT2D eigenvalue weighted by Gasteiger charge is -2.43. The zero-order valence-electron chi connectivity index (χ0n) is 30.7. The van der Waals surface area contributed by atoms with Crippen LogP contribution in [0.1, 0.15) is 75.7 Å². The second-order valence-corrected chi connectivity index (χ2v) is 17.1. The molecule has 0 radical (unpaired) electrons. The monoisotopic (exact) mass is 705 g/mol. The molecule has 2 atom stereocenters. The van der Waals surface area contributed by atoms with E-state index >= 15 is 0 Å². The quantitative estimate of drug-likeness (QED) is 0.295. The molecule has 4 heterocycles. The standard InChI is InChI=1S/C39H59N7O3S/c1-38(2)29-49-37(42-38)45-22-23-46(34(27-45)35(47)40-25-32-13-10-24-50-32)36(48)33(14-8-9-20-43(3)4)41-31-15-17-39(18-16-31)19-21-44(28-39)26-30-11-6-5-7-12-30/h5-7,10-13,24,31,33-34,41H,8-9,14-23,25-29H2,1-4H3,(H,40,47)/t31?,33-,34+,39?/m1/s1. The topological polar surface area (TPSA) is 92.8 Å². The number of rotatable bonds is 13. The van der Waals surface area contributed by atoms with Crippen molar-refractivity contribution in [1.82, 2.24) is 30.2 Å². The van der Waals surface area contributed by atoms with Crippen molar-refractivity contribution < 1.29 is 14.3 Å². The number of unbranched alkanes of at least 4 members (excludes halogenated alkanes) is 1. The van der Waals surface area contributed by atoms with Crippen molar-refractivity contribution in [2.45, 2.75) is 102 Å². The maximum Gasteiger partial charge on any atom is 0.288 e. The van der Waals surface area contributed by atoms with Gasteiger partial charge in [-0.05, 0) is 108 Å². The summed E-state index contributed by atoms with van der Waals surface area (Å²) < 4.78 is 5.98. The van der Waals surface area contributed by atoms with Gasteiger partial charge in [0.15, 0.2) is 0 Å². The Balaban J connectivity index is 1.11. The molecule has 0 bridgehead atoms. The minimum atomic E-state index is -0.624. The Morgan fingerprint density at radius 2 is 1.84 bits per heavy atom. The van der Waals surface area contributed by atoms with Gasteiger partial charge in [0.25, 0.3) is 6.02 Å². The van der Waals surface area contributed by atoms with Crippen LogP contribution in [-0.2, 0) is 27.4 Å². The van der Waals surface area contributed by atoms with Gasteiger partial charge >= 0.3 is 0 Å². The first kappa shape index (κ1) is 36.8. The van der Waals surface area contributed by atoms with E-state index in [1.807, 2.05) is 22.4 Å². The Labute approximate surface area is 303 Å². The number of ether oxygens (including phenoxy) is 1. The summed E-state index contributed by atoms with van der Waals surface area (Å²) in [6.07, 6.45) is 8.60. The maximum absolute atomic E-state index is 14.6. The van der Waals surface area contributed by atoms with Crippen molar-refractivity contribution in [3.8, 4) is 0 Å². The van der Waals surface area contributed by atoms with Crippen molar-refractivity contribution in [1.29, 1.82) is 0 Å². The van der Waals surface area contributed by atoms with Gasteiger partial charge in [0.2, 0.25) is 11.8 Å².